The number of aromatic nitrogens is 1. The number of aryl methyl sites for hydroxylation is 2. The van der Waals surface area contributed by atoms with Crippen molar-refractivity contribution in [2.75, 3.05) is 26.2 Å². The van der Waals surface area contributed by atoms with Crippen LogP contribution in [0.5, 0.6) is 11.5 Å². The van der Waals surface area contributed by atoms with Gasteiger partial charge in [-0.05, 0) is 63.9 Å². The van der Waals surface area contributed by atoms with Gasteiger partial charge in [0.15, 0.2) is 5.60 Å². The molecule has 14 nitrogen and oxygen atoms in total. The quantitative estimate of drug-likeness (QED) is 0.289. The summed E-state index contributed by atoms with van der Waals surface area (Å²) in [6.45, 7) is 7.63. The Morgan fingerprint density at radius 3 is 2.20 bits per heavy atom. The maximum absolute atomic E-state index is 14.1. The fourth-order valence-corrected chi connectivity index (χ4v) is 6.20. The van der Waals surface area contributed by atoms with Crippen molar-refractivity contribution in [2.45, 2.75) is 83.5 Å². The number of likely N-dealkylation sites (tertiary alicyclic amines) is 1. The van der Waals surface area contributed by atoms with Crippen LogP contribution in [0.2, 0.25) is 0 Å². The minimum Gasteiger partial charge on any atom is -0.492 e. The van der Waals surface area contributed by atoms with E-state index in [4.69, 9.17) is 14.0 Å². The number of ether oxygens (including phenoxy) is 2. The molecule has 1 fully saturated rings. The van der Waals surface area contributed by atoms with Gasteiger partial charge < -0.3 is 40.2 Å². The number of carbonyl (C=O) groups is 5. The molecule has 0 unspecified atom stereocenters. The predicted octanol–water partition coefficient (Wildman–Crippen LogP) is 1.91. The molecule has 0 aliphatic carbocycles. The molecule has 4 N–H and O–H groups in total. The molecule has 4 heterocycles. The largest absolute Gasteiger partial charge is 0.492 e. The van der Waals surface area contributed by atoms with Crippen molar-refractivity contribution in [3.05, 3.63) is 77.2 Å². The minimum absolute atomic E-state index is 0.0559. The Labute approximate surface area is 297 Å². The van der Waals surface area contributed by atoms with Crippen molar-refractivity contribution < 1.29 is 38.0 Å². The van der Waals surface area contributed by atoms with E-state index in [0.29, 0.717) is 23.7 Å². The number of hydrogen-bond acceptors (Lipinski definition) is 9. The lowest BCUT2D eigenvalue weighted by Crippen LogP contribution is -2.61. The zero-order chi connectivity index (χ0) is 36.5. The van der Waals surface area contributed by atoms with Crippen LogP contribution in [0, 0.1) is 13.8 Å². The molecule has 2 bridgehead atoms. The molecule has 272 valence electrons. The van der Waals surface area contributed by atoms with Gasteiger partial charge in [0.25, 0.3) is 5.91 Å². The SMILES string of the molecule is Cc1noc(C)c1CCC(=O)N1CCC2(CC1)Oc1ccc(cc1)OCCNC(=O)[C@H](C)NC(=O)[C@H](Cc1ccccc1)NC(=O)[C@H](C)NC2=O. The van der Waals surface area contributed by atoms with Gasteiger partial charge in [-0.25, -0.2) is 0 Å². The van der Waals surface area contributed by atoms with Crippen LogP contribution in [0.15, 0.2) is 59.1 Å². The van der Waals surface area contributed by atoms with E-state index >= 15 is 0 Å². The molecular formula is C37H46N6O8. The third-order valence-corrected chi connectivity index (χ3v) is 9.32. The third-order valence-electron chi connectivity index (χ3n) is 9.32. The van der Waals surface area contributed by atoms with Gasteiger partial charge in [-0.2, -0.15) is 0 Å². The first kappa shape index (κ1) is 36.9. The van der Waals surface area contributed by atoms with Crippen LogP contribution in [0.4, 0.5) is 0 Å². The highest BCUT2D eigenvalue weighted by molar-refractivity contribution is 5.95. The van der Waals surface area contributed by atoms with Crippen molar-refractivity contribution in [1.29, 1.82) is 0 Å². The fraction of sp³-hybridized carbons (Fsp3) is 0.459. The lowest BCUT2D eigenvalue weighted by molar-refractivity contribution is -0.148. The summed E-state index contributed by atoms with van der Waals surface area (Å²) >= 11 is 0. The summed E-state index contributed by atoms with van der Waals surface area (Å²) in [6, 6.07) is 12.9. The summed E-state index contributed by atoms with van der Waals surface area (Å²) in [5.41, 5.74) is 1.08. The Hall–Kier alpha value is -5.40. The van der Waals surface area contributed by atoms with Gasteiger partial charge >= 0.3 is 0 Å². The highest BCUT2D eigenvalue weighted by Crippen LogP contribution is 2.31. The number of hydrogen-bond donors (Lipinski definition) is 4. The number of nitrogens with one attached hydrogen (secondary N) is 4. The van der Waals surface area contributed by atoms with E-state index in [1.54, 1.807) is 36.1 Å². The van der Waals surface area contributed by atoms with E-state index in [1.807, 2.05) is 44.2 Å². The number of piperidine rings is 1. The van der Waals surface area contributed by atoms with Crippen LogP contribution in [-0.4, -0.2) is 89.6 Å². The molecular weight excluding hydrogens is 656 g/mol. The Balaban J connectivity index is 1.34. The summed E-state index contributed by atoms with van der Waals surface area (Å²) in [7, 11) is 0. The van der Waals surface area contributed by atoms with Crippen LogP contribution < -0.4 is 30.7 Å². The molecule has 14 heteroatoms. The molecule has 1 saturated heterocycles. The molecule has 6 rings (SSSR count). The summed E-state index contributed by atoms with van der Waals surface area (Å²) in [5, 5.41) is 15.0. The Bertz CT molecular complexity index is 1680. The third kappa shape index (κ3) is 9.44. The van der Waals surface area contributed by atoms with Gasteiger partial charge in [0.05, 0.1) is 12.2 Å². The van der Waals surface area contributed by atoms with E-state index in [0.717, 1.165) is 16.8 Å². The second-order valence-corrected chi connectivity index (χ2v) is 13.1. The Morgan fingerprint density at radius 2 is 1.53 bits per heavy atom. The number of rotatable bonds is 5. The lowest BCUT2D eigenvalue weighted by Gasteiger charge is -2.41. The van der Waals surface area contributed by atoms with E-state index < -0.39 is 47.4 Å². The van der Waals surface area contributed by atoms with Gasteiger partial charge in [0.1, 0.15) is 42.0 Å². The highest BCUT2D eigenvalue weighted by atomic mass is 16.5. The zero-order valence-corrected chi connectivity index (χ0v) is 29.5. The number of amides is 5. The molecule has 1 aromatic heterocycles. The van der Waals surface area contributed by atoms with E-state index in [-0.39, 0.29) is 57.8 Å². The molecule has 5 amide bonds. The van der Waals surface area contributed by atoms with Gasteiger partial charge in [0.2, 0.25) is 23.6 Å². The van der Waals surface area contributed by atoms with Crippen molar-refractivity contribution >= 4 is 29.5 Å². The molecule has 3 aliphatic heterocycles. The second-order valence-electron chi connectivity index (χ2n) is 13.1. The first-order valence-electron chi connectivity index (χ1n) is 17.3. The molecule has 2 aromatic carbocycles. The van der Waals surface area contributed by atoms with Crippen molar-refractivity contribution in [1.82, 2.24) is 31.3 Å². The zero-order valence-electron chi connectivity index (χ0n) is 29.5. The molecule has 1 spiro atoms. The Kier molecular flexibility index (Phi) is 12.0. The van der Waals surface area contributed by atoms with Crippen molar-refractivity contribution in [3.63, 3.8) is 0 Å². The van der Waals surface area contributed by atoms with Crippen LogP contribution in [0.3, 0.4) is 0 Å². The summed E-state index contributed by atoms with van der Waals surface area (Å²) in [5.74, 6) is -0.498. The maximum atomic E-state index is 14.1. The molecule has 51 heavy (non-hydrogen) atoms. The predicted molar refractivity (Wildman–Crippen MR) is 186 cm³/mol. The van der Waals surface area contributed by atoms with E-state index in [2.05, 4.69) is 26.4 Å². The van der Waals surface area contributed by atoms with Crippen LogP contribution in [-0.2, 0) is 36.8 Å². The van der Waals surface area contributed by atoms with Gasteiger partial charge in [0, 0.05) is 44.3 Å². The smallest absolute Gasteiger partial charge is 0.264 e. The monoisotopic (exact) mass is 702 g/mol. The van der Waals surface area contributed by atoms with E-state index in [9.17, 15) is 24.0 Å². The Morgan fingerprint density at radius 1 is 0.863 bits per heavy atom. The topological polar surface area (TPSA) is 181 Å². The van der Waals surface area contributed by atoms with Crippen LogP contribution >= 0.6 is 0 Å². The normalized spacial score (nSPS) is 21.8. The molecule has 3 atom stereocenters. The molecule has 3 aromatic rings. The minimum atomic E-state index is -1.39. The molecule has 0 radical (unpaired) electrons. The lowest BCUT2D eigenvalue weighted by atomic mass is 9.89. The standard InChI is InChI=1S/C37H46N6O8/c1-23-30(26(4)51-42-23)14-15-32(44)43-19-16-37(17-20-43)36(48)40-25(3)34(46)41-31(22-27-8-6-5-7-9-27)35(47)39-24(2)33(45)38-18-21-49-28-10-12-29(50-37)13-11-28/h5-13,24-25,31H,14-22H2,1-4H3,(H,38,45)(H,39,47)(H,40,48)(H,41,46)/t24-,25-,31-/m0/s1. The first-order chi connectivity index (χ1) is 24.4. The first-order valence-corrected chi connectivity index (χ1v) is 17.3. The van der Waals surface area contributed by atoms with Crippen molar-refractivity contribution in [3.8, 4) is 11.5 Å². The maximum Gasteiger partial charge on any atom is 0.264 e. The summed E-state index contributed by atoms with van der Waals surface area (Å²) in [6.07, 6.45) is 1.28. The number of carbonyl (C=O) groups excluding carboxylic acids is 5. The van der Waals surface area contributed by atoms with Crippen LogP contribution in [0.25, 0.3) is 0 Å². The molecule has 3 aliphatic rings. The van der Waals surface area contributed by atoms with E-state index in [1.165, 1.54) is 6.92 Å². The van der Waals surface area contributed by atoms with Crippen LogP contribution in [0.1, 0.15) is 55.7 Å². The molecule has 0 saturated carbocycles. The van der Waals surface area contributed by atoms with Gasteiger partial charge in [-0.15, -0.1) is 0 Å². The number of fused-ring (bicyclic) bond motifs is 15. The highest BCUT2D eigenvalue weighted by Gasteiger charge is 2.45. The average Bonchev–Trinajstić information content (AvgIpc) is 3.45. The second kappa shape index (κ2) is 16.5. The fourth-order valence-electron chi connectivity index (χ4n) is 6.20. The summed E-state index contributed by atoms with van der Waals surface area (Å²) < 4.78 is 17.4. The van der Waals surface area contributed by atoms with Gasteiger partial charge in [-0.3, -0.25) is 24.0 Å². The average molecular weight is 703 g/mol. The number of nitrogens with zero attached hydrogens (tertiary/aromatic N) is 2. The number of benzene rings is 2. The summed E-state index contributed by atoms with van der Waals surface area (Å²) in [4.78, 5) is 68.8. The van der Waals surface area contributed by atoms with Crippen molar-refractivity contribution in [2.24, 2.45) is 0 Å². The van der Waals surface area contributed by atoms with Gasteiger partial charge in [-0.1, -0.05) is 35.5 Å².